The third kappa shape index (κ3) is 2.96. The van der Waals surface area contributed by atoms with Gasteiger partial charge in [0.2, 0.25) is 0 Å². The molecule has 0 aliphatic rings. The molecule has 1 heterocycles. The fraction of sp³-hybridized carbons (Fsp3) is 0.188. The lowest BCUT2D eigenvalue weighted by Crippen LogP contribution is -2.18. The monoisotopic (exact) mass is 286 g/mol. The molecule has 0 amide bonds. The molecule has 3 aromatic rings. The first-order valence-corrected chi connectivity index (χ1v) is 7.43. The van der Waals surface area contributed by atoms with Crippen LogP contribution in [-0.2, 0) is 6.42 Å². The van der Waals surface area contributed by atoms with Crippen LogP contribution in [0.4, 0.5) is 10.1 Å². The summed E-state index contributed by atoms with van der Waals surface area (Å²) in [6.07, 6.45) is 0.790. The second kappa shape index (κ2) is 5.59. The fourth-order valence-corrected chi connectivity index (χ4v) is 3.01. The minimum absolute atomic E-state index is 0.180. The van der Waals surface area contributed by atoms with E-state index >= 15 is 0 Å². The van der Waals surface area contributed by atoms with E-state index in [4.69, 9.17) is 0 Å². The maximum Gasteiger partial charge on any atom is 0.123 e. The van der Waals surface area contributed by atoms with Crippen molar-refractivity contribution in [3.63, 3.8) is 0 Å². The molecule has 2 nitrogen and oxygen atoms in total. The SMILES string of the molecule is CC(Cc1cccc(F)c1)Nc1ccc2ncsc2c1. The first-order valence-electron chi connectivity index (χ1n) is 6.55. The van der Waals surface area contributed by atoms with Crippen LogP contribution < -0.4 is 5.32 Å². The molecule has 2 aromatic carbocycles. The van der Waals surface area contributed by atoms with Gasteiger partial charge in [0.1, 0.15) is 5.82 Å². The van der Waals surface area contributed by atoms with Gasteiger partial charge in [-0.05, 0) is 49.2 Å². The van der Waals surface area contributed by atoms with Crippen molar-refractivity contribution in [2.75, 3.05) is 5.32 Å². The molecule has 20 heavy (non-hydrogen) atoms. The van der Waals surface area contributed by atoms with Gasteiger partial charge >= 0.3 is 0 Å². The highest BCUT2D eigenvalue weighted by Crippen LogP contribution is 2.22. The molecule has 1 unspecified atom stereocenters. The Bertz CT molecular complexity index is 723. The number of benzene rings is 2. The van der Waals surface area contributed by atoms with Gasteiger partial charge in [0.15, 0.2) is 0 Å². The first kappa shape index (κ1) is 13.1. The molecule has 1 aromatic heterocycles. The molecule has 0 saturated carbocycles. The van der Waals surface area contributed by atoms with Gasteiger partial charge in [0.05, 0.1) is 15.7 Å². The number of fused-ring (bicyclic) bond motifs is 1. The Morgan fingerprint density at radius 2 is 2.15 bits per heavy atom. The zero-order chi connectivity index (χ0) is 13.9. The summed E-state index contributed by atoms with van der Waals surface area (Å²) in [6, 6.07) is 13.2. The Morgan fingerprint density at radius 1 is 1.25 bits per heavy atom. The largest absolute Gasteiger partial charge is 0.382 e. The van der Waals surface area contributed by atoms with Gasteiger partial charge in [-0.3, -0.25) is 0 Å². The summed E-state index contributed by atoms with van der Waals surface area (Å²) in [6.45, 7) is 2.10. The van der Waals surface area contributed by atoms with E-state index in [1.54, 1.807) is 23.5 Å². The highest BCUT2D eigenvalue weighted by molar-refractivity contribution is 7.16. The number of halogens is 1. The van der Waals surface area contributed by atoms with Gasteiger partial charge in [-0.15, -0.1) is 11.3 Å². The topological polar surface area (TPSA) is 24.9 Å². The summed E-state index contributed by atoms with van der Waals surface area (Å²) in [4.78, 5) is 4.27. The van der Waals surface area contributed by atoms with E-state index in [-0.39, 0.29) is 11.9 Å². The lowest BCUT2D eigenvalue weighted by atomic mass is 10.1. The zero-order valence-corrected chi connectivity index (χ0v) is 12.0. The van der Waals surface area contributed by atoms with E-state index in [0.717, 1.165) is 23.2 Å². The number of thiazole rings is 1. The Labute approximate surface area is 121 Å². The lowest BCUT2D eigenvalue weighted by molar-refractivity contribution is 0.624. The van der Waals surface area contributed by atoms with Crippen molar-refractivity contribution in [3.8, 4) is 0 Å². The van der Waals surface area contributed by atoms with Crippen LogP contribution in [0.2, 0.25) is 0 Å². The highest BCUT2D eigenvalue weighted by atomic mass is 32.1. The van der Waals surface area contributed by atoms with Crippen LogP contribution in [0.15, 0.2) is 48.0 Å². The standard InChI is InChI=1S/C16H15FN2S/c1-11(7-12-3-2-4-13(17)8-12)19-14-5-6-15-16(9-14)20-10-18-15/h2-6,8-11,19H,7H2,1H3. The Morgan fingerprint density at radius 3 is 3.00 bits per heavy atom. The Kier molecular flexibility index (Phi) is 3.65. The molecule has 4 heteroatoms. The number of rotatable bonds is 4. The van der Waals surface area contributed by atoms with E-state index < -0.39 is 0 Å². The van der Waals surface area contributed by atoms with E-state index in [9.17, 15) is 4.39 Å². The number of anilines is 1. The number of hydrogen-bond acceptors (Lipinski definition) is 3. The van der Waals surface area contributed by atoms with Crippen molar-refractivity contribution in [2.45, 2.75) is 19.4 Å². The molecule has 1 N–H and O–H groups in total. The quantitative estimate of drug-likeness (QED) is 0.765. The van der Waals surface area contributed by atoms with Crippen molar-refractivity contribution in [2.24, 2.45) is 0 Å². The number of aromatic nitrogens is 1. The van der Waals surface area contributed by atoms with Crippen LogP contribution in [-0.4, -0.2) is 11.0 Å². The molecule has 0 spiro atoms. The molecular formula is C16H15FN2S. The molecular weight excluding hydrogens is 271 g/mol. The number of nitrogens with one attached hydrogen (secondary N) is 1. The summed E-state index contributed by atoms with van der Waals surface area (Å²) in [5.74, 6) is -0.180. The van der Waals surface area contributed by atoms with Crippen LogP contribution in [0.1, 0.15) is 12.5 Å². The molecule has 3 rings (SSSR count). The fourth-order valence-electron chi connectivity index (χ4n) is 2.30. The maximum absolute atomic E-state index is 13.2. The Balaban J connectivity index is 1.70. The van der Waals surface area contributed by atoms with Crippen molar-refractivity contribution >= 4 is 27.2 Å². The van der Waals surface area contributed by atoms with Crippen molar-refractivity contribution in [1.82, 2.24) is 4.98 Å². The number of nitrogens with zero attached hydrogens (tertiary/aromatic N) is 1. The molecule has 102 valence electrons. The summed E-state index contributed by atoms with van der Waals surface area (Å²) >= 11 is 1.63. The average Bonchev–Trinajstić information content (AvgIpc) is 2.86. The third-order valence-corrected chi connectivity index (χ3v) is 3.97. The summed E-state index contributed by atoms with van der Waals surface area (Å²) < 4.78 is 14.3. The molecule has 0 aliphatic heterocycles. The van der Waals surface area contributed by atoms with Gasteiger partial charge in [0, 0.05) is 11.7 Å². The van der Waals surface area contributed by atoms with Crippen LogP contribution in [0, 0.1) is 5.82 Å². The van der Waals surface area contributed by atoms with Crippen LogP contribution >= 0.6 is 11.3 Å². The lowest BCUT2D eigenvalue weighted by Gasteiger charge is -2.15. The van der Waals surface area contributed by atoms with Crippen LogP contribution in [0.5, 0.6) is 0 Å². The summed E-state index contributed by atoms with van der Waals surface area (Å²) in [5, 5.41) is 3.45. The van der Waals surface area contributed by atoms with Crippen LogP contribution in [0.25, 0.3) is 10.2 Å². The minimum atomic E-state index is -0.180. The second-order valence-corrected chi connectivity index (χ2v) is 5.80. The summed E-state index contributed by atoms with van der Waals surface area (Å²) in [5.41, 5.74) is 4.96. The van der Waals surface area contributed by atoms with E-state index in [1.807, 2.05) is 23.7 Å². The molecule has 0 fully saturated rings. The second-order valence-electron chi connectivity index (χ2n) is 4.91. The van der Waals surface area contributed by atoms with Gasteiger partial charge in [-0.25, -0.2) is 9.37 Å². The smallest absolute Gasteiger partial charge is 0.123 e. The molecule has 0 aliphatic carbocycles. The van der Waals surface area contributed by atoms with E-state index in [0.29, 0.717) is 0 Å². The highest BCUT2D eigenvalue weighted by Gasteiger charge is 2.06. The van der Waals surface area contributed by atoms with Gasteiger partial charge < -0.3 is 5.32 Å². The van der Waals surface area contributed by atoms with Crippen LogP contribution in [0.3, 0.4) is 0 Å². The van der Waals surface area contributed by atoms with Gasteiger partial charge in [-0.1, -0.05) is 12.1 Å². The molecule has 0 radical (unpaired) electrons. The predicted molar refractivity (Wildman–Crippen MR) is 82.8 cm³/mol. The third-order valence-electron chi connectivity index (χ3n) is 3.18. The molecule has 0 saturated heterocycles. The van der Waals surface area contributed by atoms with Gasteiger partial charge in [-0.2, -0.15) is 0 Å². The van der Waals surface area contributed by atoms with Crippen molar-refractivity contribution < 1.29 is 4.39 Å². The molecule has 1 atom stereocenters. The molecule has 0 bridgehead atoms. The number of hydrogen-bond donors (Lipinski definition) is 1. The Hall–Kier alpha value is -1.94. The van der Waals surface area contributed by atoms with Crippen molar-refractivity contribution in [3.05, 3.63) is 59.4 Å². The zero-order valence-electron chi connectivity index (χ0n) is 11.1. The first-order chi connectivity index (χ1) is 9.70. The van der Waals surface area contributed by atoms with Gasteiger partial charge in [0.25, 0.3) is 0 Å². The van der Waals surface area contributed by atoms with E-state index in [1.165, 1.54) is 10.8 Å². The van der Waals surface area contributed by atoms with Crippen molar-refractivity contribution in [1.29, 1.82) is 0 Å². The predicted octanol–water partition coefficient (Wildman–Crippen LogP) is 4.48. The summed E-state index contributed by atoms with van der Waals surface area (Å²) in [7, 11) is 0. The average molecular weight is 286 g/mol. The minimum Gasteiger partial charge on any atom is -0.382 e. The normalized spacial score (nSPS) is 12.5. The van der Waals surface area contributed by atoms with E-state index in [2.05, 4.69) is 23.3 Å². The maximum atomic E-state index is 13.2.